The van der Waals surface area contributed by atoms with E-state index in [1.54, 1.807) is 11.3 Å². The van der Waals surface area contributed by atoms with Crippen molar-refractivity contribution < 1.29 is 9.53 Å². The van der Waals surface area contributed by atoms with E-state index in [9.17, 15) is 4.79 Å². The SMILES string of the molecule is CCC(NC(=S)Nc1sc2c(c1C(=O)OC)CCCCCC2)c1ccc(C(C)C)cc1. The number of fused-ring (bicyclic) bond motifs is 1. The molecule has 2 N–H and O–H groups in total. The predicted molar refractivity (Wildman–Crippen MR) is 134 cm³/mol. The molecular weight excluding hydrogens is 424 g/mol. The van der Waals surface area contributed by atoms with Crippen LogP contribution in [0.25, 0.3) is 0 Å². The number of anilines is 1. The van der Waals surface area contributed by atoms with E-state index < -0.39 is 0 Å². The molecule has 4 nitrogen and oxygen atoms in total. The maximum absolute atomic E-state index is 12.6. The highest BCUT2D eigenvalue weighted by atomic mass is 32.1. The number of benzene rings is 1. The van der Waals surface area contributed by atoms with Crippen LogP contribution in [0.1, 0.15) is 96.8 Å². The smallest absolute Gasteiger partial charge is 0.341 e. The summed E-state index contributed by atoms with van der Waals surface area (Å²) in [6.45, 7) is 6.55. The Hall–Kier alpha value is -1.92. The fraction of sp³-hybridized carbons (Fsp3) is 0.520. The molecule has 1 heterocycles. The molecule has 31 heavy (non-hydrogen) atoms. The first kappa shape index (κ1) is 23.7. The molecule has 1 unspecified atom stereocenters. The van der Waals surface area contributed by atoms with Gasteiger partial charge in [0.05, 0.1) is 18.7 Å². The fourth-order valence-corrected chi connectivity index (χ4v) is 5.75. The van der Waals surface area contributed by atoms with Gasteiger partial charge in [-0.1, -0.05) is 57.9 Å². The lowest BCUT2D eigenvalue weighted by Gasteiger charge is -2.20. The number of methoxy groups -OCH3 is 1. The molecule has 1 aliphatic carbocycles. The van der Waals surface area contributed by atoms with Gasteiger partial charge in [0.15, 0.2) is 5.11 Å². The van der Waals surface area contributed by atoms with Gasteiger partial charge >= 0.3 is 5.97 Å². The molecular formula is C25H34N2O2S2. The lowest BCUT2D eigenvalue weighted by molar-refractivity contribution is 0.0601. The Morgan fingerprint density at radius 1 is 1.10 bits per heavy atom. The molecule has 0 amide bonds. The summed E-state index contributed by atoms with van der Waals surface area (Å²) in [5, 5.41) is 8.12. The minimum absolute atomic E-state index is 0.115. The normalized spacial score (nSPS) is 14.9. The molecule has 1 aromatic heterocycles. The summed E-state index contributed by atoms with van der Waals surface area (Å²) >= 11 is 7.31. The van der Waals surface area contributed by atoms with Gasteiger partial charge in [-0.2, -0.15) is 0 Å². The van der Waals surface area contributed by atoms with E-state index in [4.69, 9.17) is 17.0 Å². The van der Waals surface area contributed by atoms with Crippen LogP contribution in [0.4, 0.5) is 5.00 Å². The molecule has 0 saturated heterocycles. The average Bonchev–Trinajstić information content (AvgIpc) is 3.07. The number of carbonyl (C=O) groups excluding carboxylic acids is 1. The molecule has 1 aromatic carbocycles. The zero-order valence-corrected chi connectivity index (χ0v) is 20.7. The Morgan fingerprint density at radius 2 is 1.74 bits per heavy atom. The van der Waals surface area contributed by atoms with E-state index in [0.29, 0.717) is 16.6 Å². The first-order valence-electron chi connectivity index (χ1n) is 11.3. The van der Waals surface area contributed by atoms with Crippen molar-refractivity contribution in [1.82, 2.24) is 5.32 Å². The monoisotopic (exact) mass is 458 g/mol. The van der Waals surface area contributed by atoms with Crippen molar-refractivity contribution >= 4 is 39.6 Å². The zero-order valence-electron chi connectivity index (χ0n) is 19.0. The van der Waals surface area contributed by atoms with E-state index in [0.717, 1.165) is 36.2 Å². The third kappa shape index (κ3) is 5.86. The fourth-order valence-electron chi connectivity index (χ4n) is 4.16. The van der Waals surface area contributed by atoms with Crippen LogP contribution in [-0.2, 0) is 17.6 Å². The van der Waals surface area contributed by atoms with Crippen LogP contribution in [0, 0.1) is 0 Å². The van der Waals surface area contributed by atoms with Gasteiger partial charge in [-0.3, -0.25) is 0 Å². The third-order valence-electron chi connectivity index (χ3n) is 6.01. The minimum Gasteiger partial charge on any atom is -0.465 e. The summed E-state index contributed by atoms with van der Waals surface area (Å²) in [5.74, 6) is 0.236. The second-order valence-corrected chi connectivity index (χ2v) is 10.0. The van der Waals surface area contributed by atoms with Crippen LogP contribution in [-0.4, -0.2) is 18.2 Å². The first-order chi connectivity index (χ1) is 14.9. The largest absolute Gasteiger partial charge is 0.465 e. The number of esters is 1. The number of hydrogen-bond donors (Lipinski definition) is 2. The molecule has 0 spiro atoms. The highest BCUT2D eigenvalue weighted by molar-refractivity contribution is 7.80. The standard InChI is InChI=1S/C25H34N2O2S2/c1-5-20(18-14-12-17(13-15-18)16(2)3)26-25(30)27-23-22(24(28)29-4)19-10-8-6-7-9-11-21(19)31-23/h12-16,20H,5-11H2,1-4H3,(H2,26,27,30). The molecule has 2 aromatic rings. The third-order valence-corrected chi connectivity index (χ3v) is 7.43. The van der Waals surface area contributed by atoms with Crippen molar-refractivity contribution in [3.8, 4) is 0 Å². The second kappa shape index (κ2) is 11.1. The number of rotatable bonds is 6. The van der Waals surface area contributed by atoms with Gasteiger partial charge in [-0.05, 0) is 66.9 Å². The number of carbonyl (C=O) groups is 1. The molecule has 0 bridgehead atoms. The maximum atomic E-state index is 12.6. The summed E-state index contributed by atoms with van der Waals surface area (Å²) in [6.07, 6.45) is 7.60. The summed E-state index contributed by atoms with van der Waals surface area (Å²) in [7, 11) is 1.45. The highest BCUT2D eigenvalue weighted by Gasteiger charge is 2.25. The molecule has 0 radical (unpaired) electrons. The summed E-state index contributed by atoms with van der Waals surface area (Å²) in [5.41, 5.74) is 4.36. The molecule has 0 aliphatic heterocycles. The second-order valence-electron chi connectivity index (χ2n) is 8.49. The Bertz CT molecular complexity index is 903. The van der Waals surface area contributed by atoms with E-state index in [2.05, 4.69) is 55.7 Å². The number of ether oxygens (including phenoxy) is 1. The van der Waals surface area contributed by atoms with E-state index in [1.807, 2.05) is 0 Å². The van der Waals surface area contributed by atoms with Crippen LogP contribution in [0.15, 0.2) is 24.3 Å². The Labute approximate surface area is 195 Å². The van der Waals surface area contributed by atoms with Gasteiger partial charge in [0.25, 0.3) is 0 Å². The zero-order chi connectivity index (χ0) is 22.4. The van der Waals surface area contributed by atoms with Crippen molar-refractivity contribution in [2.75, 3.05) is 12.4 Å². The van der Waals surface area contributed by atoms with Crippen LogP contribution >= 0.6 is 23.6 Å². The highest BCUT2D eigenvalue weighted by Crippen LogP contribution is 2.37. The molecule has 3 rings (SSSR count). The summed E-state index contributed by atoms with van der Waals surface area (Å²) in [4.78, 5) is 13.9. The van der Waals surface area contributed by atoms with Crippen molar-refractivity contribution in [1.29, 1.82) is 0 Å². The Kier molecular flexibility index (Phi) is 8.50. The van der Waals surface area contributed by atoms with E-state index in [-0.39, 0.29) is 12.0 Å². The van der Waals surface area contributed by atoms with Crippen molar-refractivity contribution in [3.63, 3.8) is 0 Å². The minimum atomic E-state index is -0.278. The van der Waals surface area contributed by atoms with Crippen LogP contribution in [0.5, 0.6) is 0 Å². The maximum Gasteiger partial charge on any atom is 0.341 e. The lowest BCUT2D eigenvalue weighted by atomic mass is 9.96. The summed E-state index contributed by atoms with van der Waals surface area (Å²) in [6, 6.07) is 8.85. The van der Waals surface area contributed by atoms with Crippen molar-refractivity contribution in [2.24, 2.45) is 0 Å². The average molecular weight is 459 g/mol. The van der Waals surface area contributed by atoms with Crippen molar-refractivity contribution in [3.05, 3.63) is 51.4 Å². The summed E-state index contributed by atoms with van der Waals surface area (Å²) < 4.78 is 5.12. The van der Waals surface area contributed by atoms with Crippen LogP contribution < -0.4 is 10.6 Å². The Morgan fingerprint density at radius 3 is 2.35 bits per heavy atom. The number of hydrogen-bond acceptors (Lipinski definition) is 4. The molecule has 0 saturated carbocycles. The number of nitrogens with one attached hydrogen (secondary N) is 2. The van der Waals surface area contributed by atoms with Gasteiger partial charge in [-0.15, -0.1) is 11.3 Å². The van der Waals surface area contributed by atoms with Gasteiger partial charge in [0, 0.05) is 4.88 Å². The van der Waals surface area contributed by atoms with Gasteiger partial charge in [0.1, 0.15) is 5.00 Å². The molecule has 6 heteroatoms. The van der Waals surface area contributed by atoms with E-state index in [1.165, 1.54) is 42.4 Å². The molecule has 168 valence electrons. The van der Waals surface area contributed by atoms with Crippen LogP contribution in [0.3, 0.4) is 0 Å². The van der Waals surface area contributed by atoms with Crippen molar-refractivity contribution in [2.45, 2.75) is 77.7 Å². The van der Waals surface area contributed by atoms with E-state index >= 15 is 0 Å². The quantitative estimate of drug-likeness (QED) is 0.370. The number of aryl methyl sites for hydroxylation is 1. The Balaban J connectivity index is 1.78. The first-order valence-corrected chi connectivity index (χ1v) is 12.6. The van der Waals surface area contributed by atoms with Crippen LogP contribution in [0.2, 0.25) is 0 Å². The number of thiophene rings is 1. The lowest BCUT2D eigenvalue weighted by Crippen LogP contribution is -2.32. The molecule has 1 aliphatic rings. The molecule has 0 fully saturated rings. The van der Waals surface area contributed by atoms with Gasteiger partial charge in [-0.25, -0.2) is 4.79 Å². The van der Waals surface area contributed by atoms with Gasteiger partial charge < -0.3 is 15.4 Å². The van der Waals surface area contributed by atoms with Gasteiger partial charge in [0.2, 0.25) is 0 Å². The topological polar surface area (TPSA) is 50.4 Å². The number of thiocarbonyl (C=S) groups is 1. The molecule has 1 atom stereocenters. The predicted octanol–water partition coefficient (Wildman–Crippen LogP) is 6.75.